The van der Waals surface area contributed by atoms with E-state index < -0.39 is 0 Å². The molecule has 0 aromatic heterocycles. The molecule has 1 aliphatic heterocycles. The zero-order chi connectivity index (χ0) is 14.4. The van der Waals surface area contributed by atoms with E-state index in [1.54, 1.807) is 0 Å². The third-order valence-corrected chi connectivity index (χ3v) is 4.47. The van der Waals surface area contributed by atoms with Crippen molar-refractivity contribution in [3.05, 3.63) is 35.4 Å². The first kappa shape index (κ1) is 15.4. The lowest BCUT2D eigenvalue weighted by Crippen LogP contribution is -2.32. The molecule has 1 saturated heterocycles. The Morgan fingerprint density at radius 2 is 2.20 bits per heavy atom. The first-order valence-corrected chi connectivity index (χ1v) is 8.22. The Morgan fingerprint density at radius 1 is 1.35 bits per heavy atom. The lowest BCUT2D eigenvalue weighted by Gasteiger charge is -2.21. The predicted molar refractivity (Wildman–Crippen MR) is 84.2 cm³/mol. The van der Waals surface area contributed by atoms with Crippen molar-refractivity contribution in [2.75, 3.05) is 13.1 Å². The van der Waals surface area contributed by atoms with Crippen molar-refractivity contribution in [1.82, 2.24) is 4.90 Å². The molecule has 1 heterocycles. The van der Waals surface area contributed by atoms with Gasteiger partial charge in [0, 0.05) is 24.5 Å². The number of hydrogen-bond donors (Lipinski definition) is 0. The van der Waals surface area contributed by atoms with Gasteiger partial charge in [-0.05, 0) is 42.9 Å². The molecule has 1 unspecified atom stereocenters. The molecule has 20 heavy (non-hydrogen) atoms. The normalized spacial score (nSPS) is 19.7. The van der Waals surface area contributed by atoms with Crippen LogP contribution in [-0.4, -0.2) is 23.9 Å². The summed E-state index contributed by atoms with van der Waals surface area (Å²) in [6, 6.07) is 7.70. The molecule has 0 saturated carbocycles. The van der Waals surface area contributed by atoms with Crippen molar-refractivity contribution in [3.63, 3.8) is 0 Å². The van der Waals surface area contributed by atoms with E-state index in [2.05, 4.69) is 6.92 Å². The van der Waals surface area contributed by atoms with Crippen LogP contribution in [-0.2, 0) is 5.88 Å². The topological polar surface area (TPSA) is 20.3 Å². The van der Waals surface area contributed by atoms with E-state index in [9.17, 15) is 4.79 Å². The molecule has 2 rings (SSSR count). The second-order valence-corrected chi connectivity index (χ2v) is 5.98. The van der Waals surface area contributed by atoms with Crippen LogP contribution < -0.4 is 0 Å². The molecule has 1 fully saturated rings. The quantitative estimate of drug-likeness (QED) is 0.750. The fourth-order valence-electron chi connectivity index (χ4n) is 3.04. The highest BCUT2D eigenvalue weighted by atomic mass is 35.5. The molecule has 0 radical (unpaired) electrons. The van der Waals surface area contributed by atoms with Gasteiger partial charge in [0.1, 0.15) is 0 Å². The van der Waals surface area contributed by atoms with Crippen LogP contribution in [0.3, 0.4) is 0 Å². The number of benzene rings is 1. The number of alkyl halides is 1. The van der Waals surface area contributed by atoms with Crippen LogP contribution in [0.1, 0.15) is 54.9 Å². The van der Waals surface area contributed by atoms with Crippen molar-refractivity contribution in [2.24, 2.45) is 5.92 Å². The van der Waals surface area contributed by atoms with Crippen LogP contribution in [0.15, 0.2) is 24.3 Å². The highest BCUT2D eigenvalue weighted by molar-refractivity contribution is 6.17. The van der Waals surface area contributed by atoms with E-state index in [0.717, 1.165) is 43.0 Å². The van der Waals surface area contributed by atoms with Gasteiger partial charge in [-0.25, -0.2) is 0 Å². The minimum Gasteiger partial charge on any atom is -0.339 e. The summed E-state index contributed by atoms with van der Waals surface area (Å²) in [5.41, 5.74) is 1.79. The summed E-state index contributed by atoms with van der Waals surface area (Å²) in [4.78, 5) is 14.6. The SMILES string of the molecule is CCCC1CCCN(C(=O)c2cccc(CCl)c2)CC1. The van der Waals surface area contributed by atoms with E-state index in [1.165, 1.54) is 19.3 Å². The molecule has 0 N–H and O–H groups in total. The highest BCUT2D eigenvalue weighted by Gasteiger charge is 2.21. The molecule has 110 valence electrons. The molecule has 1 aromatic carbocycles. The second-order valence-electron chi connectivity index (χ2n) is 5.71. The van der Waals surface area contributed by atoms with Gasteiger partial charge in [-0.3, -0.25) is 4.79 Å². The predicted octanol–water partition coefficient (Wildman–Crippen LogP) is 4.47. The fraction of sp³-hybridized carbons (Fsp3) is 0.588. The molecule has 0 bridgehead atoms. The number of halogens is 1. The van der Waals surface area contributed by atoms with Gasteiger partial charge in [0.25, 0.3) is 5.91 Å². The van der Waals surface area contributed by atoms with Gasteiger partial charge < -0.3 is 4.90 Å². The molecule has 1 atom stereocenters. The summed E-state index contributed by atoms with van der Waals surface area (Å²) in [6.07, 6.45) is 6.08. The first-order chi connectivity index (χ1) is 9.74. The summed E-state index contributed by atoms with van der Waals surface area (Å²) in [5.74, 6) is 1.42. The fourth-order valence-corrected chi connectivity index (χ4v) is 3.20. The Labute approximate surface area is 127 Å². The number of carbonyl (C=O) groups is 1. The minimum atomic E-state index is 0.161. The number of likely N-dealkylation sites (tertiary alicyclic amines) is 1. The van der Waals surface area contributed by atoms with Gasteiger partial charge in [-0.2, -0.15) is 0 Å². The van der Waals surface area contributed by atoms with E-state index in [1.807, 2.05) is 29.2 Å². The van der Waals surface area contributed by atoms with Gasteiger partial charge >= 0.3 is 0 Å². The third-order valence-electron chi connectivity index (χ3n) is 4.16. The molecular formula is C17H24ClNO. The maximum atomic E-state index is 12.6. The summed E-state index contributed by atoms with van der Waals surface area (Å²) < 4.78 is 0. The number of carbonyl (C=O) groups excluding carboxylic acids is 1. The molecule has 0 aliphatic carbocycles. The van der Waals surface area contributed by atoms with Crippen molar-refractivity contribution in [3.8, 4) is 0 Å². The lowest BCUT2D eigenvalue weighted by molar-refractivity contribution is 0.0759. The Hall–Kier alpha value is -1.02. The van der Waals surface area contributed by atoms with Crippen LogP contribution in [0, 0.1) is 5.92 Å². The van der Waals surface area contributed by atoms with Gasteiger partial charge in [0.2, 0.25) is 0 Å². The van der Waals surface area contributed by atoms with E-state index in [-0.39, 0.29) is 5.91 Å². The zero-order valence-electron chi connectivity index (χ0n) is 12.3. The van der Waals surface area contributed by atoms with Gasteiger partial charge in [-0.1, -0.05) is 31.9 Å². The average molecular weight is 294 g/mol. The van der Waals surface area contributed by atoms with Crippen LogP contribution in [0.5, 0.6) is 0 Å². The molecule has 2 nitrogen and oxygen atoms in total. The van der Waals surface area contributed by atoms with E-state index in [4.69, 9.17) is 11.6 Å². The molecule has 3 heteroatoms. The van der Waals surface area contributed by atoms with Gasteiger partial charge in [0.05, 0.1) is 0 Å². The first-order valence-electron chi connectivity index (χ1n) is 7.68. The number of amides is 1. The zero-order valence-corrected chi connectivity index (χ0v) is 13.0. The Bertz CT molecular complexity index is 446. The van der Waals surface area contributed by atoms with Gasteiger partial charge in [0.15, 0.2) is 0 Å². The molecule has 1 aromatic rings. The Morgan fingerprint density at radius 3 is 2.95 bits per heavy atom. The smallest absolute Gasteiger partial charge is 0.253 e. The Balaban J connectivity index is 2.01. The monoisotopic (exact) mass is 293 g/mol. The van der Waals surface area contributed by atoms with Crippen molar-refractivity contribution in [1.29, 1.82) is 0 Å². The largest absolute Gasteiger partial charge is 0.339 e. The summed E-state index contributed by atoms with van der Waals surface area (Å²) in [6.45, 7) is 4.03. The Kier molecular flexibility index (Phi) is 5.90. The molecule has 1 amide bonds. The van der Waals surface area contributed by atoms with E-state index >= 15 is 0 Å². The summed E-state index contributed by atoms with van der Waals surface area (Å²) >= 11 is 5.84. The summed E-state index contributed by atoms with van der Waals surface area (Å²) in [7, 11) is 0. The van der Waals surface area contributed by atoms with Crippen molar-refractivity contribution < 1.29 is 4.79 Å². The average Bonchev–Trinajstić information content (AvgIpc) is 2.73. The highest BCUT2D eigenvalue weighted by Crippen LogP contribution is 2.23. The standard InChI is InChI=1S/C17H24ClNO/c1-2-5-14-7-4-10-19(11-9-14)17(20)16-8-3-6-15(12-16)13-18/h3,6,8,12,14H,2,4-5,7,9-11,13H2,1H3. The van der Waals surface area contributed by atoms with E-state index in [0.29, 0.717) is 5.88 Å². The van der Waals surface area contributed by atoms with Crippen LogP contribution in [0.4, 0.5) is 0 Å². The molecule has 1 aliphatic rings. The number of nitrogens with zero attached hydrogens (tertiary/aromatic N) is 1. The van der Waals surface area contributed by atoms with Crippen molar-refractivity contribution >= 4 is 17.5 Å². The maximum Gasteiger partial charge on any atom is 0.253 e. The maximum absolute atomic E-state index is 12.6. The minimum absolute atomic E-state index is 0.161. The number of rotatable bonds is 4. The lowest BCUT2D eigenvalue weighted by atomic mass is 9.96. The molecular weight excluding hydrogens is 270 g/mol. The van der Waals surface area contributed by atoms with Gasteiger partial charge in [-0.15, -0.1) is 11.6 Å². The van der Waals surface area contributed by atoms with Crippen LogP contribution >= 0.6 is 11.6 Å². The van der Waals surface area contributed by atoms with Crippen LogP contribution in [0.25, 0.3) is 0 Å². The number of hydrogen-bond acceptors (Lipinski definition) is 1. The summed E-state index contributed by atoms with van der Waals surface area (Å²) in [5, 5.41) is 0. The molecule has 0 spiro atoms. The van der Waals surface area contributed by atoms with Crippen molar-refractivity contribution in [2.45, 2.75) is 44.9 Å². The third kappa shape index (κ3) is 3.99. The second kappa shape index (κ2) is 7.68. The van der Waals surface area contributed by atoms with Crippen LogP contribution in [0.2, 0.25) is 0 Å².